The molecule has 0 unspecified atom stereocenters. The topological polar surface area (TPSA) is 90.6 Å². The first-order valence-electron chi connectivity index (χ1n) is 10.6. The Labute approximate surface area is 188 Å². The summed E-state index contributed by atoms with van der Waals surface area (Å²) in [6.45, 7) is 9.36. The zero-order valence-electron chi connectivity index (χ0n) is 19.5. The Hall–Kier alpha value is -3.55. The average molecular weight is 432 g/mol. The molecule has 0 spiro atoms. The Morgan fingerprint density at radius 1 is 1.09 bits per heavy atom. The van der Waals surface area contributed by atoms with E-state index in [2.05, 4.69) is 41.4 Å². The molecule has 0 bridgehead atoms. The van der Waals surface area contributed by atoms with Crippen LogP contribution < -0.4 is 10.1 Å². The van der Waals surface area contributed by atoms with Gasteiger partial charge >= 0.3 is 0 Å². The van der Waals surface area contributed by atoms with Gasteiger partial charge in [-0.25, -0.2) is 19.6 Å². The zero-order chi connectivity index (χ0) is 22.9. The number of methoxy groups -OCH3 is 1. The van der Waals surface area contributed by atoms with Gasteiger partial charge in [-0.3, -0.25) is 0 Å². The number of pyridine rings is 1. The SMILES string of the molecule is COc1cc(-c2cnnn2C)ccc1Cc1ncc2cc(C)nc(NCC(C)(C)C)c2n1. The maximum Gasteiger partial charge on any atom is 0.152 e. The first-order valence-corrected chi connectivity index (χ1v) is 10.6. The molecule has 0 atom stereocenters. The highest BCUT2D eigenvalue weighted by molar-refractivity contribution is 5.88. The van der Waals surface area contributed by atoms with Crippen molar-refractivity contribution in [3.8, 4) is 17.0 Å². The van der Waals surface area contributed by atoms with Crippen LogP contribution in [0.5, 0.6) is 5.75 Å². The molecule has 0 saturated carbocycles. The summed E-state index contributed by atoms with van der Waals surface area (Å²) in [4.78, 5) is 14.2. The van der Waals surface area contributed by atoms with E-state index in [-0.39, 0.29) is 5.41 Å². The molecule has 3 aromatic heterocycles. The van der Waals surface area contributed by atoms with Crippen molar-refractivity contribution in [3.63, 3.8) is 0 Å². The van der Waals surface area contributed by atoms with Gasteiger partial charge in [-0.15, -0.1) is 5.10 Å². The third-order valence-corrected chi connectivity index (χ3v) is 5.18. The molecule has 0 aliphatic heterocycles. The maximum absolute atomic E-state index is 5.67. The molecule has 1 N–H and O–H groups in total. The summed E-state index contributed by atoms with van der Waals surface area (Å²) in [5, 5.41) is 12.4. The highest BCUT2D eigenvalue weighted by Crippen LogP contribution is 2.29. The molecular weight excluding hydrogens is 402 g/mol. The highest BCUT2D eigenvalue weighted by Gasteiger charge is 2.15. The number of hydrogen-bond acceptors (Lipinski definition) is 7. The monoisotopic (exact) mass is 431 g/mol. The highest BCUT2D eigenvalue weighted by atomic mass is 16.5. The van der Waals surface area contributed by atoms with Gasteiger partial charge < -0.3 is 10.1 Å². The fourth-order valence-corrected chi connectivity index (χ4v) is 3.54. The normalized spacial score (nSPS) is 11.7. The standard InChI is InChI=1S/C24H29N7O/c1-15-9-18-12-25-21(29-22(18)23(28-15)26-14-24(2,3)4)11-17-8-7-16(10-20(17)32-6)19-13-27-30-31(19)5/h7-10,12-13H,11,14H2,1-6H3,(H,26,28). The van der Waals surface area contributed by atoms with Crippen LogP contribution >= 0.6 is 0 Å². The lowest BCUT2D eigenvalue weighted by Gasteiger charge is -2.20. The summed E-state index contributed by atoms with van der Waals surface area (Å²) >= 11 is 0. The zero-order valence-corrected chi connectivity index (χ0v) is 19.5. The second-order valence-corrected chi connectivity index (χ2v) is 9.20. The number of rotatable bonds is 6. The predicted molar refractivity (Wildman–Crippen MR) is 126 cm³/mol. The number of ether oxygens (including phenoxy) is 1. The first kappa shape index (κ1) is 21.7. The van der Waals surface area contributed by atoms with Crippen LogP contribution in [0.4, 0.5) is 5.82 Å². The van der Waals surface area contributed by atoms with Crippen LogP contribution in [0.2, 0.25) is 0 Å². The summed E-state index contributed by atoms with van der Waals surface area (Å²) in [5.41, 5.74) is 4.83. The van der Waals surface area contributed by atoms with Crippen molar-refractivity contribution >= 4 is 16.7 Å². The van der Waals surface area contributed by atoms with E-state index in [4.69, 9.17) is 14.7 Å². The van der Waals surface area contributed by atoms with Crippen molar-refractivity contribution in [2.45, 2.75) is 34.1 Å². The lowest BCUT2D eigenvalue weighted by Crippen LogP contribution is -2.20. The molecule has 4 rings (SSSR count). The van der Waals surface area contributed by atoms with Crippen LogP contribution in [0.3, 0.4) is 0 Å². The van der Waals surface area contributed by atoms with Crippen LogP contribution in [0, 0.1) is 12.3 Å². The number of aryl methyl sites for hydroxylation is 2. The quantitative estimate of drug-likeness (QED) is 0.489. The molecule has 1 aromatic carbocycles. The molecule has 0 fully saturated rings. The van der Waals surface area contributed by atoms with Gasteiger partial charge in [-0.1, -0.05) is 38.1 Å². The Morgan fingerprint density at radius 2 is 1.91 bits per heavy atom. The molecule has 0 aliphatic carbocycles. The van der Waals surface area contributed by atoms with Crippen LogP contribution in [0.1, 0.15) is 37.9 Å². The number of hydrogen-bond donors (Lipinski definition) is 1. The van der Waals surface area contributed by atoms with Gasteiger partial charge in [-0.05, 0) is 24.5 Å². The number of aromatic nitrogens is 6. The van der Waals surface area contributed by atoms with Gasteiger partial charge in [0.05, 0.1) is 19.0 Å². The van der Waals surface area contributed by atoms with Gasteiger partial charge in [0, 0.05) is 48.4 Å². The average Bonchev–Trinajstić information content (AvgIpc) is 3.18. The summed E-state index contributed by atoms with van der Waals surface area (Å²) in [7, 11) is 3.54. The van der Waals surface area contributed by atoms with Crippen LogP contribution in [0.15, 0.2) is 36.7 Å². The number of anilines is 1. The Kier molecular flexibility index (Phi) is 5.78. The molecule has 0 radical (unpaired) electrons. The van der Waals surface area contributed by atoms with Crippen molar-refractivity contribution < 1.29 is 4.74 Å². The lowest BCUT2D eigenvalue weighted by molar-refractivity contribution is 0.410. The number of fused-ring (bicyclic) bond motifs is 1. The fraction of sp³-hybridized carbons (Fsp3) is 0.375. The number of nitrogens with zero attached hydrogens (tertiary/aromatic N) is 6. The van der Waals surface area contributed by atoms with Crippen molar-refractivity contribution in [2.24, 2.45) is 12.5 Å². The molecule has 0 aliphatic rings. The van der Waals surface area contributed by atoms with Crippen molar-refractivity contribution in [1.29, 1.82) is 0 Å². The minimum atomic E-state index is 0.131. The van der Waals surface area contributed by atoms with Gasteiger partial charge in [0.2, 0.25) is 0 Å². The van der Waals surface area contributed by atoms with Crippen molar-refractivity contribution in [3.05, 3.63) is 53.7 Å². The molecule has 4 aromatic rings. The predicted octanol–water partition coefficient (Wildman–Crippen LogP) is 4.19. The largest absolute Gasteiger partial charge is 0.496 e. The van der Waals surface area contributed by atoms with Crippen LogP contribution in [-0.4, -0.2) is 43.6 Å². The third kappa shape index (κ3) is 4.69. The molecule has 166 valence electrons. The Morgan fingerprint density at radius 3 is 2.59 bits per heavy atom. The minimum absolute atomic E-state index is 0.131. The van der Waals surface area contributed by atoms with Crippen molar-refractivity contribution in [1.82, 2.24) is 29.9 Å². The molecule has 8 heteroatoms. The van der Waals surface area contributed by atoms with Crippen molar-refractivity contribution in [2.75, 3.05) is 19.0 Å². The second kappa shape index (κ2) is 8.53. The van der Waals surface area contributed by atoms with E-state index >= 15 is 0 Å². The van der Waals surface area contributed by atoms with Gasteiger partial charge in [0.25, 0.3) is 0 Å². The smallest absolute Gasteiger partial charge is 0.152 e. The molecule has 8 nitrogen and oxygen atoms in total. The lowest BCUT2D eigenvalue weighted by atomic mass is 9.97. The molecule has 32 heavy (non-hydrogen) atoms. The third-order valence-electron chi connectivity index (χ3n) is 5.18. The molecule has 0 amide bonds. The van der Waals surface area contributed by atoms with Crippen LogP contribution in [0.25, 0.3) is 22.2 Å². The molecule has 0 saturated heterocycles. The Balaban J connectivity index is 1.67. The maximum atomic E-state index is 5.67. The summed E-state index contributed by atoms with van der Waals surface area (Å²) in [6.07, 6.45) is 4.16. The van der Waals surface area contributed by atoms with E-state index in [1.54, 1.807) is 18.0 Å². The van der Waals surface area contributed by atoms with E-state index in [9.17, 15) is 0 Å². The Bertz CT molecular complexity index is 1260. The summed E-state index contributed by atoms with van der Waals surface area (Å²) < 4.78 is 7.41. The minimum Gasteiger partial charge on any atom is -0.496 e. The van der Waals surface area contributed by atoms with E-state index in [0.717, 1.165) is 57.4 Å². The summed E-state index contributed by atoms with van der Waals surface area (Å²) in [5.74, 6) is 2.29. The van der Waals surface area contributed by atoms with Gasteiger partial charge in [-0.2, -0.15) is 0 Å². The van der Waals surface area contributed by atoms with Crippen LogP contribution in [-0.2, 0) is 13.5 Å². The van der Waals surface area contributed by atoms with E-state index in [1.165, 1.54) is 0 Å². The molecule has 3 heterocycles. The van der Waals surface area contributed by atoms with E-state index in [1.807, 2.05) is 44.4 Å². The number of benzene rings is 1. The van der Waals surface area contributed by atoms with Gasteiger partial charge in [0.15, 0.2) is 5.82 Å². The summed E-state index contributed by atoms with van der Waals surface area (Å²) in [6, 6.07) is 8.09. The number of nitrogens with one attached hydrogen (secondary N) is 1. The van der Waals surface area contributed by atoms with E-state index in [0.29, 0.717) is 6.42 Å². The first-order chi connectivity index (χ1) is 15.2. The second-order valence-electron chi connectivity index (χ2n) is 9.20. The van der Waals surface area contributed by atoms with Gasteiger partial charge in [0.1, 0.15) is 17.1 Å². The molecular formula is C24H29N7O. The fourth-order valence-electron chi connectivity index (χ4n) is 3.54. The van der Waals surface area contributed by atoms with E-state index < -0.39 is 0 Å².